The summed E-state index contributed by atoms with van der Waals surface area (Å²) < 4.78 is 5.94. The molecular weight excluding hydrogens is 376 g/mol. The van der Waals surface area contributed by atoms with Gasteiger partial charge in [0.05, 0.1) is 5.69 Å². The maximum atomic E-state index is 12.5. The number of carbonyl (C=O) groups is 1. The van der Waals surface area contributed by atoms with Crippen LogP contribution in [0, 0.1) is 5.92 Å². The van der Waals surface area contributed by atoms with E-state index in [2.05, 4.69) is 67.2 Å². The highest BCUT2D eigenvalue weighted by Crippen LogP contribution is 2.34. The Balaban J connectivity index is 1.79. The van der Waals surface area contributed by atoms with E-state index < -0.39 is 0 Å². The predicted molar refractivity (Wildman–Crippen MR) is 120 cm³/mol. The van der Waals surface area contributed by atoms with Crippen LogP contribution in [0.5, 0.6) is 0 Å². The molecule has 0 aliphatic carbocycles. The Morgan fingerprint density at radius 2 is 1.97 bits per heavy atom. The van der Waals surface area contributed by atoms with Gasteiger partial charge >= 0.3 is 0 Å². The third-order valence-electron chi connectivity index (χ3n) is 5.89. The molecule has 0 radical (unpaired) electrons. The van der Waals surface area contributed by atoms with Gasteiger partial charge in [-0.1, -0.05) is 52.8 Å². The Labute approximate surface area is 179 Å². The molecule has 0 saturated carbocycles. The number of nitrogens with one attached hydrogen (secondary N) is 2. The van der Waals surface area contributed by atoms with Crippen LogP contribution in [0.15, 0.2) is 42.8 Å². The van der Waals surface area contributed by atoms with Crippen molar-refractivity contribution in [1.29, 1.82) is 0 Å². The minimum Gasteiger partial charge on any atom is -0.472 e. The van der Waals surface area contributed by atoms with Crippen molar-refractivity contribution in [3.05, 3.63) is 54.1 Å². The number of nitrogens with zero attached hydrogens (tertiary/aromatic N) is 2. The standard InChI is InChI=1S/C24H34N4O2/c1-6-19(7-2)25-23(29)21-15-20(26-27-21)17-10-9-11-18(14-17)24-28(12-13-30-24)22(8-3)16(4)5/h9-16,19,22,24H,6-8H2,1-5H3,(H,25,29)(H,26,27). The third-order valence-corrected chi connectivity index (χ3v) is 5.89. The quantitative estimate of drug-likeness (QED) is 0.594. The van der Waals surface area contributed by atoms with Crippen LogP contribution < -0.4 is 5.32 Å². The number of hydrogen-bond donors (Lipinski definition) is 2. The Morgan fingerprint density at radius 3 is 2.63 bits per heavy atom. The van der Waals surface area contributed by atoms with Gasteiger partial charge in [-0.25, -0.2) is 0 Å². The van der Waals surface area contributed by atoms with Crippen molar-refractivity contribution in [3.8, 4) is 11.3 Å². The minimum atomic E-state index is -0.145. The molecule has 2 aromatic rings. The van der Waals surface area contributed by atoms with Gasteiger partial charge in [0.2, 0.25) is 0 Å². The van der Waals surface area contributed by atoms with Gasteiger partial charge in [0.15, 0.2) is 6.23 Å². The van der Waals surface area contributed by atoms with Crippen LogP contribution in [-0.4, -0.2) is 33.1 Å². The number of hydrogen-bond acceptors (Lipinski definition) is 4. The molecule has 1 aromatic carbocycles. The number of rotatable bonds is 9. The largest absolute Gasteiger partial charge is 0.472 e. The molecule has 2 heterocycles. The summed E-state index contributed by atoms with van der Waals surface area (Å²) in [7, 11) is 0. The van der Waals surface area contributed by atoms with Crippen LogP contribution in [0.3, 0.4) is 0 Å². The number of ether oxygens (including phenoxy) is 1. The molecular formula is C24H34N4O2. The fourth-order valence-corrected chi connectivity index (χ4v) is 4.08. The molecule has 1 amide bonds. The van der Waals surface area contributed by atoms with Gasteiger partial charge in [0, 0.05) is 29.4 Å². The normalized spacial score (nSPS) is 16.9. The molecule has 1 aliphatic rings. The summed E-state index contributed by atoms with van der Waals surface area (Å²) in [5, 5.41) is 10.3. The fraction of sp³-hybridized carbons (Fsp3) is 0.500. The Kier molecular flexibility index (Phi) is 7.19. The van der Waals surface area contributed by atoms with Crippen molar-refractivity contribution < 1.29 is 9.53 Å². The summed E-state index contributed by atoms with van der Waals surface area (Å²) in [6.07, 6.45) is 6.54. The van der Waals surface area contributed by atoms with Crippen LogP contribution >= 0.6 is 0 Å². The van der Waals surface area contributed by atoms with Gasteiger partial charge in [-0.2, -0.15) is 5.10 Å². The lowest BCUT2D eigenvalue weighted by molar-refractivity contribution is 0.0169. The predicted octanol–water partition coefficient (Wildman–Crippen LogP) is 5.23. The molecule has 2 atom stereocenters. The molecule has 0 saturated heterocycles. The molecule has 0 bridgehead atoms. The number of aromatic amines is 1. The highest BCUT2D eigenvalue weighted by Gasteiger charge is 2.30. The van der Waals surface area contributed by atoms with Gasteiger partial charge in [0.1, 0.15) is 12.0 Å². The molecule has 30 heavy (non-hydrogen) atoms. The molecule has 6 nitrogen and oxygen atoms in total. The summed E-state index contributed by atoms with van der Waals surface area (Å²) >= 11 is 0. The third kappa shape index (κ3) is 4.69. The first-order chi connectivity index (χ1) is 14.5. The van der Waals surface area contributed by atoms with Crippen molar-refractivity contribution in [1.82, 2.24) is 20.4 Å². The molecule has 0 fully saturated rings. The molecule has 1 aliphatic heterocycles. The van der Waals surface area contributed by atoms with E-state index in [1.165, 1.54) is 0 Å². The molecule has 2 unspecified atom stereocenters. The lowest BCUT2D eigenvalue weighted by atomic mass is 9.98. The number of benzene rings is 1. The van der Waals surface area contributed by atoms with Crippen molar-refractivity contribution in [2.24, 2.45) is 5.92 Å². The lowest BCUT2D eigenvalue weighted by Gasteiger charge is -2.34. The Bertz CT molecular complexity index is 870. The van der Waals surface area contributed by atoms with Crippen LogP contribution in [0.1, 0.15) is 76.2 Å². The maximum Gasteiger partial charge on any atom is 0.269 e. The molecule has 2 N–H and O–H groups in total. The van der Waals surface area contributed by atoms with Crippen molar-refractivity contribution in [3.63, 3.8) is 0 Å². The fourth-order valence-electron chi connectivity index (χ4n) is 4.08. The van der Waals surface area contributed by atoms with Crippen LogP contribution in [0.25, 0.3) is 11.3 Å². The van der Waals surface area contributed by atoms with Gasteiger partial charge in [-0.15, -0.1) is 0 Å². The van der Waals surface area contributed by atoms with Gasteiger partial charge in [-0.3, -0.25) is 9.89 Å². The maximum absolute atomic E-state index is 12.5. The summed E-state index contributed by atoms with van der Waals surface area (Å²) in [4.78, 5) is 14.8. The lowest BCUT2D eigenvalue weighted by Crippen LogP contribution is -2.35. The van der Waals surface area contributed by atoms with E-state index in [0.29, 0.717) is 17.7 Å². The zero-order chi connectivity index (χ0) is 21.7. The average Bonchev–Trinajstić information content (AvgIpc) is 3.42. The van der Waals surface area contributed by atoms with Gasteiger partial charge in [0.25, 0.3) is 5.91 Å². The van der Waals surface area contributed by atoms with Crippen molar-refractivity contribution in [2.75, 3.05) is 0 Å². The SMILES string of the molecule is CCC(CC)NC(=O)c1cc(-c2cccc(C3OC=CN3C(CC)C(C)C)c2)n[nH]1. The van der Waals surface area contributed by atoms with E-state index in [0.717, 1.165) is 36.1 Å². The topological polar surface area (TPSA) is 70.2 Å². The number of amides is 1. The first-order valence-electron chi connectivity index (χ1n) is 11.0. The molecule has 1 aromatic heterocycles. The summed E-state index contributed by atoms with van der Waals surface area (Å²) in [5.41, 5.74) is 3.26. The van der Waals surface area contributed by atoms with E-state index in [1.807, 2.05) is 24.4 Å². The molecule has 0 spiro atoms. The van der Waals surface area contributed by atoms with E-state index >= 15 is 0 Å². The second-order valence-corrected chi connectivity index (χ2v) is 8.22. The van der Waals surface area contributed by atoms with E-state index in [9.17, 15) is 4.79 Å². The van der Waals surface area contributed by atoms with Gasteiger partial charge in [-0.05, 0) is 37.3 Å². The van der Waals surface area contributed by atoms with E-state index in [4.69, 9.17) is 4.74 Å². The zero-order valence-electron chi connectivity index (χ0n) is 18.7. The van der Waals surface area contributed by atoms with Gasteiger partial charge < -0.3 is 15.0 Å². The number of H-pyrrole nitrogens is 1. The zero-order valence-corrected chi connectivity index (χ0v) is 18.7. The second-order valence-electron chi connectivity index (χ2n) is 8.22. The van der Waals surface area contributed by atoms with Crippen LogP contribution in [0.4, 0.5) is 0 Å². The Hall–Kier alpha value is -2.76. The smallest absolute Gasteiger partial charge is 0.269 e. The van der Waals surface area contributed by atoms with Crippen molar-refractivity contribution >= 4 is 5.91 Å². The van der Waals surface area contributed by atoms with Crippen LogP contribution in [0.2, 0.25) is 0 Å². The first-order valence-corrected chi connectivity index (χ1v) is 11.0. The average molecular weight is 411 g/mol. The highest BCUT2D eigenvalue weighted by molar-refractivity contribution is 5.93. The van der Waals surface area contributed by atoms with E-state index in [1.54, 1.807) is 6.26 Å². The summed E-state index contributed by atoms with van der Waals surface area (Å²) in [5.74, 6) is 0.408. The molecule has 6 heteroatoms. The summed E-state index contributed by atoms with van der Waals surface area (Å²) in [6.45, 7) is 10.8. The highest BCUT2D eigenvalue weighted by atomic mass is 16.5. The molecule has 3 rings (SSSR count). The second kappa shape index (κ2) is 9.83. The summed E-state index contributed by atoms with van der Waals surface area (Å²) in [6, 6.07) is 10.6. The molecule has 162 valence electrons. The Morgan fingerprint density at radius 1 is 1.20 bits per heavy atom. The number of aromatic nitrogens is 2. The van der Waals surface area contributed by atoms with Crippen molar-refractivity contribution in [2.45, 2.75) is 72.2 Å². The minimum absolute atomic E-state index is 0.115. The number of carbonyl (C=O) groups excluding carboxylic acids is 1. The first kappa shape index (κ1) is 21.9. The van der Waals surface area contributed by atoms with Crippen LogP contribution in [-0.2, 0) is 4.74 Å². The van der Waals surface area contributed by atoms with E-state index in [-0.39, 0.29) is 18.2 Å². The monoisotopic (exact) mass is 410 g/mol.